The quantitative estimate of drug-likeness (QED) is 0.766. The predicted octanol–water partition coefficient (Wildman–Crippen LogP) is 1.64. The molecule has 1 aromatic carbocycles. The first-order valence-corrected chi connectivity index (χ1v) is 4.65. The van der Waals surface area contributed by atoms with Crippen molar-refractivity contribution < 1.29 is 9.90 Å². The summed E-state index contributed by atoms with van der Waals surface area (Å²) in [6.07, 6.45) is -0.626. The number of aliphatic hydroxyl groups excluding tert-OH is 1. The highest BCUT2D eigenvalue weighted by atomic mass is 16.3. The van der Waals surface area contributed by atoms with E-state index in [-0.39, 0.29) is 5.91 Å². The molecule has 2 atom stereocenters. The Hall–Kier alpha value is -1.35. The van der Waals surface area contributed by atoms with E-state index in [1.165, 1.54) is 0 Å². The van der Waals surface area contributed by atoms with Crippen LogP contribution in [0.5, 0.6) is 0 Å². The van der Waals surface area contributed by atoms with E-state index in [0.29, 0.717) is 0 Å². The van der Waals surface area contributed by atoms with E-state index in [4.69, 9.17) is 0 Å². The summed E-state index contributed by atoms with van der Waals surface area (Å²) in [7, 11) is 0. The third kappa shape index (κ3) is 2.85. The zero-order valence-electron chi connectivity index (χ0n) is 8.40. The maximum atomic E-state index is 11.5. The van der Waals surface area contributed by atoms with Crippen molar-refractivity contribution in [3.63, 3.8) is 0 Å². The van der Waals surface area contributed by atoms with E-state index in [1.54, 1.807) is 13.8 Å². The number of para-hydroxylation sites is 1. The molecule has 14 heavy (non-hydrogen) atoms. The minimum Gasteiger partial charge on any atom is -0.393 e. The summed E-state index contributed by atoms with van der Waals surface area (Å²) in [6.45, 7) is 3.30. The van der Waals surface area contributed by atoms with Crippen LogP contribution in [-0.2, 0) is 4.79 Å². The molecule has 0 spiro atoms. The number of aliphatic hydroxyl groups is 1. The van der Waals surface area contributed by atoms with Crippen LogP contribution >= 0.6 is 0 Å². The second-order valence-electron chi connectivity index (χ2n) is 3.38. The molecule has 0 saturated heterocycles. The fourth-order valence-corrected chi connectivity index (χ4v) is 0.997. The Morgan fingerprint density at radius 2 is 1.86 bits per heavy atom. The summed E-state index contributed by atoms with van der Waals surface area (Å²) in [5.74, 6) is -0.554. The molecule has 0 aliphatic heterocycles. The van der Waals surface area contributed by atoms with Crippen molar-refractivity contribution in [3.8, 4) is 0 Å². The normalized spacial score (nSPS) is 14.5. The molecule has 3 heteroatoms. The number of nitrogens with one attached hydrogen (secondary N) is 1. The monoisotopic (exact) mass is 193 g/mol. The van der Waals surface area contributed by atoms with E-state index in [1.807, 2.05) is 30.3 Å². The predicted molar refractivity (Wildman–Crippen MR) is 55.9 cm³/mol. The third-order valence-corrected chi connectivity index (χ3v) is 2.18. The van der Waals surface area contributed by atoms with Crippen molar-refractivity contribution in [1.29, 1.82) is 0 Å². The molecule has 0 heterocycles. The van der Waals surface area contributed by atoms with Gasteiger partial charge in [-0.3, -0.25) is 4.79 Å². The molecule has 2 N–H and O–H groups in total. The van der Waals surface area contributed by atoms with Gasteiger partial charge in [0.05, 0.1) is 12.0 Å². The molecule has 1 aromatic rings. The first-order valence-electron chi connectivity index (χ1n) is 4.65. The number of hydrogen-bond donors (Lipinski definition) is 2. The van der Waals surface area contributed by atoms with Gasteiger partial charge in [0, 0.05) is 5.69 Å². The van der Waals surface area contributed by atoms with Gasteiger partial charge < -0.3 is 10.4 Å². The molecule has 0 unspecified atom stereocenters. The van der Waals surface area contributed by atoms with Gasteiger partial charge in [0.15, 0.2) is 0 Å². The van der Waals surface area contributed by atoms with Crippen molar-refractivity contribution in [2.24, 2.45) is 5.92 Å². The second kappa shape index (κ2) is 4.77. The molecule has 1 amide bonds. The summed E-state index contributed by atoms with van der Waals surface area (Å²) in [6, 6.07) is 9.21. The number of carbonyl (C=O) groups excluding carboxylic acids is 1. The van der Waals surface area contributed by atoms with Crippen LogP contribution in [0.1, 0.15) is 13.8 Å². The lowest BCUT2D eigenvalue weighted by atomic mass is 10.1. The van der Waals surface area contributed by atoms with Gasteiger partial charge in [-0.05, 0) is 19.1 Å². The molecule has 0 aliphatic carbocycles. The van der Waals surface area contributed by atoms with E-state index in [9.17, 15) is 9.90 Å². The largest absolute Gasteiger partial charge is 0.393 e. The van der Waals surface area contributed by atoms with Crippen LogP contribution in [0.25, 0.3) is 0 Å². The Morgan fingerprint density at radius 1 is 1.29 bits per heavy atom. The van der Waals surface area contributed by atoms with E-state index in [2.05, 4.69) is 5.32 Å². The minimum atomic E-state index is -0.626. The summed E-state index contributed by atoms with van der Waals surface area (Å²) in [5, 5.41) is 11.9. The van der Waals surface area contributed by atoms with Gasteiger partial charge in [-0.2, -0.15) is 0 Å². The van der Waals surface area contributed by atoms with Crippen molar-refractivity contribution in [3.05, 3.63) is 30.3 Å². The molecule has 1 rings (SSSR count). The minimum absolute atomic E-state index is 0.161. The van der Waals surface area contributed by atoms with Gasteiger partial charge in [-0.25, -0.2) is 0 Å². The zero-order chi connectivity index (χ0) is 10.6. The van der Waals surface area contributed by atoms with Crippen molar-refractivity contribution in [2.45, 2.75) is 20.0 Å². The van der Waals surface area contributed by atoms with Gasteiger partial charge >= 0.3 is 0 Å². The molecule has 0 saturated carbocycles. The Kier molecular flexibility index (Phi) is 3.65. The number of rotatable bonds is 3. The highest BCUT2D eigenvalue weighted by molar-refractivity contribution is 5.92. The number of benzene rings is 1. The van der Waals surface area contributed by atoms with Gasteiger partial charge in [0.25, 0.3) is 0 Å². The van der Waals surface area contributed by atoms with Gasteiger partial charge in [0.2, 0.25) is 5.91 Å². The number of amides is 1. The van der Waals surface area contributed by atoms with Crippen molar-refractivity contribution in [1.82, 2.24) is 0 Å². The van der Waals surface area contributed by atoms with Crippen molar-refractivity contribution >= 4 is 11.6 Å². The van der Waals surface area contributed by atoms with Crippen LogP contribution < -0.4 is 5.32 Å². The average Bonchev–Trinajstić information content (AvgIpc) is 2.18. The third-order valence-electron chi connectivity index (χ3n) is 2.18. The lowest BCUT2D eigenvalue weighted by Crippen LogP contribution is -2.28. The van der Waals surface area contributed by atoms with Gasteiger partial charge in [0.1, 0.15) is 0 Å². The molecule has 0 aliphatic rings. The summed E-state index contributed by atoms with van der Waals surface area (Å²) in [4.78, 5) is 11.5. The smallest absolute Gasteiger partial charge is 0.229 e. The topological polar surface area (TPSA) is 49.3 Å². The lowest BCUT2D eigenvalue weighted by Gasteiger charge is -2.14. The second-order valence-corrected chi connectivity index (χ2v) is 3.38. The highest BCUT2D eigenvalue weighted by Crippen LogP contribution is 2.09. The van der Waals surface area contributed by atoms with E-state index >= 15 is 0 Å². The Labute approximate surface area is 83.8 Å². The molecule has 0 aromatic heterocycles. The molecule has 76 valence electrons. The molecule has 0 fully saturated rings. The molecular weight excluding hydrogens is 178 g/mol. The Bertz CT molecular complexity index is 295. The summed E-state index contributed by atoms with van der Waals surface area (Å²) < 4.78 is 0. The molecule has 0 bridgehead atoms. The van der Waals surface area contributed by atoms with Crippen LogP contribution in [-0.4, -0.2) is 17.1 Å². The van der Waals surface area contributed by atoms with Crippen LogP contribution in [0.4, 0.5) is 5.69 Å². The van der Waals surface area contributed by atoms with E-state index in [0.717, 1.165) is 5.69 Å². The van der Waals surface area contributed by atoms with E-state index < -0.39 is 12.0 Å². The average molecular weight is 193 g/mol. The van der Waals surface area contributed by atoms with Crippen LogP contribution in [0.15, 0.2) is 30.3 Å². The Balaban J connectivity index is 2.58. The first-order chi connectivity index (χ1) is 6.61. The Morgan fingerprint density at radius 3 is 2.36 bits per heavy atom. The maximum absolute atomic E-state index is 11.5. The maximum Gasteiger partial charge on any atom is 0.229 e. The van der Waals surface area contributed by atoms with Gasteiger partial charge in [-0.15, -0.1) is 0 Å². The summed E-state index contributed by atoms with van der Waals surface area (Å²) in [5.41, 5.74) is 0.755. The lowest BCUT2D eigenvalue weighted by molar-refractivity contribution is -0.122. The van der Waals surface area contributed by atoms with Crippen LogP contribution in [0.3, 0.4) is 0 Å². The van der Waals surface area contributed by atoms with Crippen molar-refractivity contribution in [2.75, 3.05) is 5.32 Å². The van der Waals surface area contributed by atoms with Crippen LogP contribution in [0, 0.1) is 5.92 Å². The fraction of sp³-hybridized carbons (Fsp3) is 0.364. The fourth-order valence-electron chi connectivity index (χ4n) is 0.997. The zero-order valence-corrected chi connectivity index (χ0v) is 8.40. The molecule has 3 nitrogen and oxygen atoms in total. The SMILES string of the molecule is C[C@H](O)[C@@H](C)C(=O)Nc1ccccc1. The summed E-state index contributed by atoms with van der Waals surface area (Å²) >= 11 is 0. The number of anilines is 1. The first kappa shape index (κ1) is 10.7. The number of carbonyl (C=O) groups is 1. The van der Waals surface area contributed by atoms with Gasteiger partial charge in [-0.1, -0.05) is 25.1 Å². The molecular formula is C11H15NO2. The highest BCUT2D eigenvalue weighted by Gasteiger charge is 2.17. The molecule has 0 radical (unpaired) electrons. The standard InChI is InChI=1S/C11H15NO2/c1-8(9(2)13)11(14)12-10-6-4-3-5-7-10/h3-9,13H,1-2H3,(H,12,14)/t8-,9+/m1/s1. The van der Waals surface area contributed by atoms with Crippen LogP contribution in [0.2, 0.25) is 0 Å². The number of hydrogen-bond acceptors (Lipinski definition) is 2.